The molecule has 0 spiro atoms. The number of piperazine rings is 1. The highest BCUT2D eigenvalue weighted by Gasteiger charge is 2.17. The van der Waals surface area contributed by atoms with Gasteiger partial charge >= 0.3 is 0 Å². The summed E-state index contributed by atoms with van der Waals surface area (Å²) in [5, 5.41) is 0. The van der Waals surface area contributed by atoms with Gasteiger partial charge in [0.25, 0.3) is 0 Å². The van der Waals surface area contributed by atoms with Gasteiger partial charge in [-0.15, -0.1) is 0 Å². The maximum atomic E-state index is 11.6. The fourth-order valence-corrected chi connectivity index (χ4v) is 2.74. The molecule has 19 heavy (non-hydrogen) atoms. The number of anilines is 1. The molecular weight excluding hydrogens is 236 g/mol. The summed E-state index contributed by atoms with van der Waals surface area (Å²) in [6.45, 7) is 11.5. The lowest BCUT2D eigenvalue weighted by molar-refractivity contribution is 0.101. The lowest BCUT2D eigenvalue weighted by Crippen LogP contribution is -2.46. The average Bonchev–Trinajstić information content (AvgIpc) is 2.46. The van der Waals surface area contributed by atoms with Crippen LogP contribution in [0.5, 0.6) is 0 Å². The van der Waals surface area contributed by atoms with Gasteiger partial charge in [0, 0.05) is 37.4 Å². The normalized spacial score (nSPS) is 16.7. The Morgan fingerprint density at radius 1 is 1.16 bits per heavy atom. The van der Waals surface area contributed by atoms with Gasteiger partial charge in [-0.25, -0.2) is 0 Å². The van der Waals surface area contributed by atoms with E-state index in [0.717, 1.165) is 44.7 Å². The summed E-state index contributed by atoms with van der Waals surface area (Å²) in [4.78, 5) is 16.5. The molecule has 0 saturated carbocycles. The standard InChI is InChI=1S/C16H24N2O/c1-4-14-12-15(6-7-16(14)13(3)19)18-10-8-17(5-2)9-11-18/h6-7,12H,4-5,8-11H2,1-3H3. The lowest BCUT2D eigenvalue weighted by atomic mass is 10.0. The van der Waals surface area contributed by atoms with Crippen LogP contribution in [0.3, 0.4) is 0 Å². The molecule has 1 aliphatic rings. The van der Waals surface area contributed by atoms with Gasteiger partial charge in [0.15, 0.2) is 5.78 Å². The minimum atomic E-state index is 0.166. The topological polar surface area (TPSA) is 23.6 Å². The van der Waals surface area contributed by atoms with Gasteiger partial charge in [0.2, 0.25) is 0 Å². The first-order valence-corrected chi connectivity index (χ1v) is 7.26. The molecule has 1 aromatic carbocycles. The van der Waals surface area contributed by atoms with E-state index in [-0.39, 0.29) is 5.78 Å². The Hall–Kier alpha value is -1.35. The van der Waals surface area contributed by atoms with Crippen molar-refractivity contribution in [3.05, 3.63) is 29.3 Å². The molecule has 1 saturated heterocycles. The van der Waals surface area contributed by atoms with Crippen LogP contribution in [-0.2, 0) is 6.42 Å². The number of likely N-dealkylation sites (N-methyl/N-ethyl adjacent to an activating group) is 1. The van der Waals surface area contributed by atoms with Crippen molar-refractivity contribution in [3.63, 3.8) is 0 Å². The predicted octanol–water partition coefficient (Wildman–Crippen LogP) is 2.59. The summed E-state index contributed by atoms with van der Waals surface area (Å²) in [7, 11) is 0. The van der Waals surface area contributed by atoms with E-state index in [9.17, 15) is 4.79 Å². The third-order valence-electron chi connectivity index (χ3n) is 4.03. The Morgan fingerprint density at radius 2 is 1.84 bits per heavy atom. The van der Waals surface area contributed by atoms with Gasteiger partial charge in [-0.1, -0.05) is 13.8 Å². The van der Waals surface area contributed by atoms with E-state index in [1.807, 2.05) is 6.07 Å². The lowest BCUT2D eigenvalue weighted by Gasteiger charge is -2.35. The van der Waals surface area contributed by atoms with Gasteiger partial charge in [-0.2, -0.15) is 0 Å². The number of benzene rings is 1. The summed E-state index contributed by atoms with van der Waals surface area (Å²) in [6.07, 6.45) is 0.914. The smallest absolute Gasteiger partial charge is 0.160 e. The second-order valence-corrected chi connectivity index (χ2v) is 5.17. The molecule has 1 fully saturated rings. The Morgan fingerprint density at radius 3 is 2.37 bits per heavy atom. The van der Waals surface area contributed by atoms with Gasteiger partial charge < -0.3 is 9.80 Å². The van der Waals surface area contributed by atoms with E-state index < -0.39 is 0 Å². The minimum Gasteiger partial charge on any atom is -0.369 e. The largest absolute Gasteiger partial charge is 0.369 e. The molecule has 1 heterocycles. The van der Waals surface area contributed by atoms with Crippen molar-refractivity contribution in [1.82, 2.24) is 4.90 Å². The molecule has 0 N–H and O–H groups in total. The molecule has 1 aromatic rings. The number of hydrogen-bond donors (Lipinski definition) is 0. The second-order valence-electron chi connectivity index (χ2n) is 5.17. The summed E-state index contributed by atoms with van der Waals surface area (Å²) >= 11 is 0. The van der Waals surface area contributed by atoms with Crippen molar-refractivity contribution in [1.29, 1.82) is 0 Å². The Kier molecular flexibility index (Phi) is 4.59. The summed E-state index contributed by atoms with van der Waals surface area (Å²) in [5.74, 6) is 0.166. The van der Waals surface area contributed by atoms with Crippen LogP contribution in [0.15, 0.2) is 18.2 Å². The maximum Gasteiger partial charge on any atom is 0.160 e. The zero-order valence-electron chi connectivity index (χ0n) is 12.3. The highest BCUT2D eigenvalue weighted by atomic mass is 16.1. The molecule has 3 heteroatoms. The molecule has 1 aliphatic heterocycles. The van der Waals surface area contributed by atoms with Gasteiger partial charge in [0.05, 0.1) is 0 Å². The number of ketones is 1. The van der Waals surface area contributed by atoms with Crippen molar-refractivity contribution in [2.45, 2.75) is 27.2 Å². The molecule has 0 bridgehead atoms. The van der Waals surface area contributed by atoms with Crippen molar-refractivity contribution >= 4 is 11.5 Å². The minimum absolute atomic E-state index is 0.166. The number of carbonyl (C=O) groups is 1. The van der Waals surface area contributed by atoms with Crippen molar-refractivity contribution in [2.24, 2.45) is 0 Å². The van der Waals surface area contributed by atoms with Crippen LogP contribution in [0.25, 0.3) is 0 Å². The van der Waals surface area contributed by atoms with E-state index in [0.29, 0.717) is 0 Å². The fourth-order valence-electron chi connectivity index (χ4n) is 2.74. The number of hydrogen-bond acceptors (Lipinski definition) is 3. The molecular formula is C16H24N2O. The zero-order valence-corrected chi connectivity index (χ0v) is 12.3. The maximum absolute atomic E-state index is 11.6. The van der Waals surface area contributed by atoms with Crippen molar-refractivity contribution < 1.29 is 4.79 Å². The first-order valence-electron chi connectivity index (χ1n) is 7.26. The Bertz CT molecular complexity index is 448. The molecule has 0 aliphatic carbocycles. The number of rotatable bonds is 4. The van der Waals surface area contributed by atoms with Gasteiger partial charge in [0.1, 0.15) is 0 Å². The first-order chi connectivity index (χ1) is 9.15. The first kappa shape index (κ1) is 14.1. The summed E-state index contributed by atoms with van der Waals surface area (Å²) < 4.78 is 0. The van der Waals surface area contributed by atoms with Crippen LogP contribution < -0.4 is 4.90 Å². The molecule has 3 nitrogen and oxygen atoms in total. The number of aryl methyl sites for hydroxylation is 1. The van der Waals surface area contributed by atoms with E-state index in [1.165, 1.54) is 11.3 Å². The van der Waals surface area contributed by atoms with Crippen molar-refractivity contribution in [3.8, 4) is 0 Å². The number of nitrogens with zero attached hydrogens (tertiary/aromatic N) is 2. The SMILES string of the molecule is CCc1cc(N2CCN(CC)CC2)ccc1C(C)=O. The molecule has 0 atom stereocenters. The summed E-state index contributed by atoms with van der Waals surface area (Å²) in [6, 6.07) is 6.28. The number of carbonyl (C=O) groups excluding carboxylic acids is 1. The third-order valence-corrected chi connectivity index (χ3v) is 4.03. The van der Waals surface area contributed by atoms with Crippen LogP contribution in [-0.4, -0.2) is 43.4 Å². The third kappa shape index (κ3) is 3.16. The fraction of sp³-hybridized carbons (Fsp3) is 0.562. The highest BCUT2D eigenvalue weighted by molar-refractivity contribution is 5.96. The predicted molar refractivity (Wildman–Crippen MR) is 80.2 cm³/mol. The van der Waals surface area contributed by atoms with Crippen LogP contribution >= 0.6 is 0 Å². The van der Waals surface area contributed by atoms with Gasteiger partial charge in [-0.05, 0) is 43.7 Å². The van der Waals surface area contributed by atoms with Crippen LogP contribution in [0.2, 0.25) is 0 Å². The van der Waals surface area contributed by atoms with Crippen LogP contribution in [0.4, 0.5) is 5.69 Å². The Labute approximate surface area is 116 Å². The van der Waals surface area contributed by atoms with Crippen LogP contribution in [0, 0.1) is 0 Å². The quantitative estimate of drug-likeness (QED) is 0.777. The monoisotopic (exact) mass is 260 g/mol. The molecule has 0 unspecified atom stereocenters. The highest BCUT2D eigenvalue weighted by Crippen LogP contribution is 2.22. The van der Waals surface area contributed by atoms with Crippen LogP contribution in [0.1, 0.15) is 36.7 Å². The molecule has 0 radical (unpaired) electrons. The van der Waals surface area contributed by atoms with Gasteiger partial charge in [-0.3, -0.25) is 4.79 Å². The van der Waals surface area contributed by atoms with Crippen molar-refractivity contribution in [2.75, 3.05) is 37.6 Å². The van der Waals surface area contributed by atoms with E-state index in [4.69, 9.17) is 0 Å². The second kappa shape index (κ2) is 6.20. The van der Waals surface area contributed by atoms with E-state index >= 15 is 0 Å². The Balaban J connectivity index is 2.15. The van der Waals surface area contributed by atoms with E-state index in [1.54, 1.807) is 6.92 Å². The van der Waals surface area contributed by atoms with E-state index in [2.05, 4.69) is 35.8 Å². The summed E-state index contributed by atoms with van der Waals surface area (Å²) in [5.41, 5.74) is 3.30. The molecule has 0 amide bonds. The zero-order chi connectivity index (χ0) is 13.8. The number of Topliss-reactive ketones (excluding diaryl/α,β-unsaturated/α-hetero) is 1. The molecule has 2 rings (SSSR count). The molecule has 104 valence electrons. The average molecular weight is 260 g/mol. The molecule has 0 aromatic heterocycles.